The third-order valence-corrected chi connectivity index (χ3v) is 4.72. The van der Waals surface area contributed by atoms with Crippen LogP contribution in [0.15, 0.2) is 30.5 Å². The van der Waals surface area contributed by atoms with Gasteiger partial charge in [-0.3, -0.25) is 9.78 Å². The van der Waals surface area contributed by atoms with Gasteiger partial charge in [-0.15, -0.1) is 0 Å². The van der Waals surface area contributed by atoms with Gasteiger partial charge in [0.1, 0.15) is 0 Å². The number of carbonyl (C=O) groups is 1. The molecule has 0 aliphatic heterocycles. The molecule has 0 spiro atoms. The molecule has 0 radical (unpaired) electrons. The normalized spacial score (nSPS) is 13.8. The molecule has 2 N–H and O–H groups in total. The number of hydrogen-bond donors (Lipinski definition) is 2. The van der Waals surface area contributed by atoms with E-state index in [1.807, 2.05) is 52.0 Å². The number of amides is 1. The van der Waals surface area contributed by atoms with Crippen LogP contribution in [0.3, 0.4) is 0 Å². The van der Waals surface area contributed by atoms with E-state index >= 15 is 0 Å². The Morgan fingerprint density at radius 2 is 2.08 bits per heavy atom. The van der Waals surface area contributed by atoms with Gasteiger partial charge in [0.05, 0.1) is 23.4 Å². The van der Waals surface area contributed by atoms with Crippen LogP contribution in [0.2, 0.25) is 0 Å². The summed E-state index contributed by atoms with van der Waals surface area (Å²) in [6.45, 7) is 10.4. The fourth-order valence-electron chi connectivity index (χ4n) is 2.49. The van der Waals surface area contributed by atoms with Crippen molar-refractivity contribution >= 4 is 5.91 Å². The van der Waals surface area contributed by atoms with E-state index in [-0.39, 0.29) is 18.4 Å². The van der Waals surface area contributed by atoms with E-state index in [1.165, 1.54) is 0 Å². The number of rotatable bonds is 6. The number of nitrogens with zero attached hydrogens (tertiary/aromatic N) is 2. The van der Waals surface area contributed by atoms with Crippen LogP contribution in [-0.2, 0) is 6.54 Å². The van der Waals surface area contributed by atoms with Crippen molar-refractivity contribution < 1.29 is 9.90 Å². The summed E-state index contributed by atoms with van der Waals surface area (Å²) in [4.78, 5) is 16.8. The molecule has 0 bridgehead atoms. The molecule has 2 aromatic heterocycles. The number of aromatic nitrogens is 2. The van der Waals surface area contributed by atoms with E-state index in [0.717, 1.165) is 17.1 Å². The Labute approximate surface area is 143 Å². The smallest absolute Gasteiger partial charge is 0.253 e. The highest BCUT2D eigenvalue weighted by Crippen LogP contribution is 2.18. The predicted molar refractivity (Wildman–Crippen MR) is 95.0 cm³/mol. The number of nitrogens with one attached hydrogen (secondary N) is 1. The summed E-state index contributed by atoms with van der Waals surface area (Å²) < 4.78 is 2.08. The Morgan fingerprint density at radius 1 is 1.38 bits per heavy atom. The average Bonchev–Trinajstić information content (AvgIpc) is 2.82. The molecule has 1 atom stereocenters. The topological polar surface area (TPSA) is 67.2 Å². The van der Waals surface area contributed by atoms with Gasteiger partial charge < -0.3 is 15.0 Å². The lowest BCUT2D eigenvalue weighted by Gasteiger charge is -2.27. The Kier molecular flexibility index (Phi) is 5.44. The molecule has 1 amide bonds. The van der Waals surface area contributed by atoms with Crippen molar-refractivity contribution in [2.75, 3.05) is 6.54 Å². The molecule has 130 valence electrons. The minimum atomic E-state index is -0.921. The first-order chi connectivity index (χ1) is 11.2. The second-order valence-corrected chi connectivity index (χ2v) is 6.89. The Hall–Kier alpha value is -2.14. The number of pyridine rings is 1. The minimum Gasteiger partial charge on any atom is -0.388 e. The SMILES string of the molecule is Cc1cc(C(=O)NCC(C)(O)C(C)C)c(C)n1Cc1ccccn1. The second kappa shape index (κ2) is 7.18. The van der Waals surface area contributed by atoms with Crippen molar-refractivity contribution in [2.24, 2.45) is 5.92 Å². The zero-order chi connectivity index (χ0) is 17.9. The van der Waals surface area contributed by atoms with Gasteiger partial charge in [0.2, 0.25) is 0 Å². The summed E-state index contributed by atoms with van der Waals surface area (Å²) >= 11 is 0. The van der Waals surface area contributed by atoms with Gasteiger partial charge >= 0.3 is 0 Å². The molecule has 1 unspecified atom stereocenters. The van der Waals surface area contributed by atoms with Gasteiger partial charge in [-0.1, -0.05) is 19.9 Å². The summed E-state index contributed by atoms with van der Waals surface area (Å²) in [7, 11) is 0. The first-order valence-electron chi connectivity index (χ1n) is 8.29. The van der Waals surface area contributed by atoms with Crippen molar-refractivity contribution in [1.29, 1.82) is 0 Å². The number of aryl methyl sites for hydroxylation is 1. The molecule has 0 aromatic carbocycles. The van der Waals surface area contributed by atoms with Crippen LogP contribution < -0.4 is 5.32 Å². The Bertz CT molecular complexity index is 703. The van der Waals surface area contributed by atoms with Crippen LogP contribution in [0.5, 0.6) is 0 Å². The van der Waals surface area contributed by atoms with Gasteiger partial charge in [0.15, 0.2) is 0 Å². The maximum atomic E-state index is 12.5. The largest absolute Gasteiger partial charge is 0.388 e. The van der Waals surface area contributed by atoms with Crippen LogP contribution in [0.4, 0.5) is 0 Å². The first-order valence-corrected chi connectivity index (χ1v) is 8.29. The molecule has 2 aromatic rings. The van der Waals surface area contributed by atoms with Crippen molar-refractivity contribution in [3.8, 4) is 0 Å². The summed E-state index contributed by atoms with van der Waals surface area (Å²) in [6, 6.07) is 7.70. The fraction of sp³-hybridized carbons (Fsp3) is 0.474. The second-order valence-electron chi connectivity index (χ2n) is 6.89. The molecule has 0 aliphatic carbocycles. The summed E-state index contributed by atoms with van der Waals surface area (Å²) in [5, 5.41) is 13.1. The quantitative estimate of drug-likeness (QED) is 0.856. The highest BCUT2D eigenvalue weighted by molar-refractivity contribution is 5.95. The summed E-state index contributed by atoms with van der Waals surface area (Å²) in [5.41, 5.74) is 2.59. The first kappa shape index (κ1) is 18.2. The van der Waals surface area contributed by atoms with Crippen molar-refractivity contribution in [3.63, 3.8) is 0 Å². The highest BCUT2D eigenvalue weighted by Gasteiger charge is 2.26. The van der Waals surface area contributed by atoms with Crippen LogP contribution in [-0.4, -0.2) is 32.7 Å². The lowest BCUT2D eigenvalue weighted by Crippen LogP contribution is -2.44. The third-order valence-electron chi connectivity index (χ3n) is 4.72. The molecule has 0 saturated heterocycles. The molecular weight excluding hydrogens is 302 g/mol. The number of aliphatic hydroxyl groups is 1. The van der Waals surface area contributed by atoms with Crippen LogP contribution in [0.25, 0.3) is 0 Å². The lowest BCUT2D eigenvalue weighted by atomic mass is 9.92. The van der Waals surface area contributed by atoms with Gasteiger partial charge in [-0.2, -0.15) is 0 Å². The van der Waals surface area contributed by atoms with Gasteiger partial charge in [0, 0.05) is 24.1 Å². The van der Waals surface area contributed by atoms with Crippen LogP contribution in [0, 0.1) is 19.8 Å². The molecular formula is C19H27N3O2. The maximum Gasteiger partial charge on any atom is 0.253 e. The zero-order valence-corrected chi connectivity index (χ0v) is 15.1. The number of hydrogen-bond acceptors (Lipinski definition) is 3. The van der Waals surface area contributed by atoms with E-state index in [4.69, 9.17) is 0 Å². The fourth-order valence-corrected chi connectivity index (χ4v) is 2.49. The van der Waals surface area contributed by atoms with E-state index in [9.17, 15) is 9.90 Å². The molecule has 2 heterocycles. The van der Waals surface area contributed by atoms with E-state index in [0.29, 0.717) is 12.1 Å². The molecule has 0 fully saturated rings. The summed E-state index contributed by atoms with van der Waals surface area (Å²) in [5.74, 6) is -0.0920. The van der Waals surface area contributed by atoms with E-state index in [1.54, 1.807) is 13.1 Å². The molecule has 2 rings (SSSR count). The van der Waals surface area contributed by atoms with Gasteiger partial charge in [0.25, 0.3) is 5.91 Å². The third kappa shape index (κ3) is 4.03. The van der Waals surface area contributed by atoms with E-state index < -0.39 is 5.60 Å². The minimum absolute atomic E-state index is 0.0642. The Morgan fingerprint density at radius 3 is 2.67 bits per heavy atom. The summed E-state index contributed by atoms with van der Waals surface area (Å²) in [6.07, 6.45) is 1.77. The molecule has 5 nitrogen and oxygen atoms in total. The molecule has 0 aliphatic rings. The molecule has 24 heavy (non-hydrogen) atoms. The lowest BCUT2D eigenvalue weighted by molar-refractivity contribution is 0.0142. The average molecular weight is 329 g/mol. The van der Waals surface area contributed by atoms with Crippen molar-refractivity contribution in [3.05, 3.63) is 53.1 Å². The zero-order valence-electron chi connectivity index (χ0n) is 15.1. The standard InChI is InChI=1S/C19H27N3O2/c1-13(2)19(5,24)12-21-18(23)17-10-14(3)22(15(17)4)11-16-8-6-7-9-20-16/h6-10,13,24H,11-12H2,1-5H3,(H,21,23). The van der Waals surface area contributed by atoms with Crippen LogP contribution in [0.1, 0.15) is 48.2 Å². The van der Waals surface area contributed by atoms with E-state index in [2.05, 4.69) is 14.9 Å². The molecule has 0 saturated carbocycles. The van der Waals surface area contributed by atoms with Crippen molar-refractivity contribution in [2.45, 2.75) is 46.8 Å². The van der Waals surface area contributed by atoms with Crippen LogP contribution >= 0.6 is 0 Å². The monoisotopic (exact) mass is 329 g/mol. The molecule has 5 heteroatoms. The van der Waals surface area contributed by atoms with Gasteiger partial charge in [-0.05, 0) is 44.9 Å². The Balaban J connectivity index is 2.14. The van der Waals surface area contributed by atoms with Gasteiger partial charge in [-0.25, -0.2) is 0 Å². The number of carbonyl (C=O) groups excluding carboxylic acids is 1. The maximum absolute atomic E-state index is 12.5. The van der Waals surface area contributed by atoms with Crippen molar-refractivity contribution in [1.82, 2.24) is 14.9 Å². The highest BCUT2D eigenvalue weighted by atomic mass is 16.3. The predicted octanol–water partition coefficient (Wildman–Crippen LogP) is 2.69.